The van der Waals surface area contributed by atoms with Crippen LogP contribution in [0.4, 0.5) is 11.4 Å². The van der Waals surface area contributed by atoms with Gasteiger partial charge in [-0.25, -0.2) is 4.98 Å². The molecule has 0 aliphatic heterocycles. The van der Waals surface area contributed by atoms with Crippen LogP contribution in [-0.2, 0) is 0 Å². The third-order valence-electron chi connectivity index (χ3n) is 3.35. The smallest absolute Gasteiger partial charge is 0.176 e. The van der Waals surface area contributed by atoms with Gasteiger partial charge in [-0.15, -0.1) is 0 Å². The van der Waals surface area contributed by atoms with Crippen LogP contribution in [0.15, 0.2) is 42.5 Å². The maximum atomic E-state index is 10.3. The number of imidazole rings is 1. The fraction of sp³-hybridized carbons (Fsp3) is 0.133. The fourth-order valence-corrected chi connectivity index (χ4v) is 2.19. The SMILES string of the molecule is CNc1ccc(-c2nc3ccc(NC)cc3n2O)cc1. The van der Waals surface area contributed by atoms with Crippen molar-refractivity contribution >= 4 is 22.4 Å². The van der Waals surface area contributed by atoms with E-state index in [9.17, 15) is 5.21 Å². The third-order valence-corrected chi connectivity index (χ3v) is 3.35. The van der Waals surface area contributed by atoms with Crippen molar-refractivity contribution in [2.24, 2.45) is 0 Å². The van der Waals surface area contributed by atoms with E-state index in [1.165, 1.54) is 0 Å². The number of hydrogen-bond donors (Lipinski definition) is 3. The van der Waals surface area contributed by atoms with Crippen molar-refractivity contribution in [3.8, 4) is 11.4 Å². The van der Waals surface area contributed by atoms with Gasteiger partial charge >= 0.3 is 0 Å². The molecule has 0 radical (unpaired) electrons. The second-order valence-corrected chi connectivity index (χ2v) is 4.53. The van der Waals surface area contributed by atoms with Crippen molar-refractivity contribution in [2.45, 2.75) is 0 Å². The normalized spacial score (nSPS) is 10.7. The topological polar surface area (TPSA) is 62.1 Å². The summed E-state index contributed by atoms with van der Waals surface area (Å²) in [6.45, 7) is 0. The maximum absolute atomic E-state index is 10.3. The minimum atomic E-state index is 0.538. The molecular weight excluding hydrogens is 252 g/mol. The molecule has 0 bridgehead atoms. The first-order valence-electron chi connectivity index (χ1n) is 6.40. The zero-order valence-corrected chi connectivity index (χ0v) is 11.4. The van der Waals surface area contributed by atoms with Gasteiger partial charge in [0, 0.05) is 31.0 Å². The van der Waals surface area contributed by atoms with E-state index in [0.717, 1.165) is 27.2 Å². The average Bonchev–Trinajstić information content (AvgIpc) is 2.84. The second-order valence-electron chi connectivity index (χ2n) is 4.53. The van der Waals surface area contributed by atoms with E-state index in [1.807, 2.05) is 56.6 Å². The molecule has 2 aromatic carbocycles. The Morgan fingerprint density at radius 3 is 2.25 bits per heavy atom. The second kappa shape index (κ2) is 4.77. The number of nitrogens with one attached hydrogen (secondary N) is 2. The van der Waals surface area contributed by atoms with E-state index in [0.29, 0.717) is 11.3 Å². The van der Waals surface area contributed by atoms with Crippen LogP contribution in [0.5, 0.6) is 0 Å². The number of nitrogens with zero attached hydrogens (tertiary/aromatic N) is 2. The molecule has 20 heavy (non-hydrogen) atoms. The van der Waals surface area contributed by atoms with E-state index in [4.69, 9.17) is 0 Å². The number of aromatic nitrogens is 2. The molecule has 3 aromatic rings. The highest BCUT2D eigenvalue weighted by Gasteiger charge is 2.12. The maximum Gasteiger partial charge on any atom is 0.176 e. The summed E-state index contributed by atoms with van der Waals surface area (Å²) >= 11 is 0. The summed E-state index contributed by atoms with van der Waals surface area (Å²) < 4.78 is 1.13. The van der Waals surface area contributed by atoms with Crippen molar-refractivity contribution < 1.29 is 5.21 Å². The quantitative estimate of drug-likeness (QED) is 0.639. The molecule has 0 aliphatic carbocycles. The van der Waals surface area contributed by atoms with Crippen LogP contribution >= 0.6 is 0 Å². The number of rotatable bonds is 3. The molecule has 1 aromatic heterocycles. The van der Waals surface area contributed by atoms with Crippen LogP contribution in [0.3, 0.4) is 0 Å². The van der Waals surface area contributed by atoms with Gasteiger partial charge in [-0.1, -0.05) is 0 Å². The van der Waals surface area contributed by atoms with Gasteiger partial charge < -0.3 is 15.8 Å². The molecule has 1 heterocycles. The van der Waals surface area contributed by atoms with Gasteiger partial charge in [0.1, 0.15) is 5.52 Å². The molecule has 5 heteroatoms. The standard InChI is InChI=1S/C15H16N4O/c1-16-11-5-3-10(4-6-11)15-18-13-8-7-12(17-2)9-14(13)19(15)20/h3-9,16-17,20H,1-2H3. The summed E-state index contributed by atoms with van der Waals surface area (Å²) in [5.41, 5.74) is 4.27. The Labute approximate surface area is 116 Å². The predicted octanol–water partition coefficient (Wildman–Crippen LogP) is 3.02. The number of hydrogen-bond acceptors (Lipinski definition) is 4. The summed E-state index contributed by atoms with van der Waals surface area (Å²) in [5, 5.41) is 16.4. The van der Waals surface area contributed by atoms with Crippen molar-refractivity contribution in [1.82, 2.24) is 9.71 Å². The van der Waals surface area contributed by atoms with Crippen LogP contribution in [0.2, 0.25) is 0 Å². The van der Waals surface area contributed by atoms with Crippen molar-refractivity contribution in [3.05, 3.63) is 42.5 Å². The highest BCUT2D eigenvalue weighted by atomic mass is 16.5. The van der Waals surface area contributed by atoms with Gasteiger partial charge in [0.2, 0.25) is 0 Å². The minimum absolute atomic E-state index is 0.538. The average molecular weight is 268 g/mol. The van der Waals surface area contributed by atoms with Gasteiger partial charge in [0.25, 0.3) is 0 Å². The van der Waals surface area contributed by atoms with Crippen molar-refractivity contribution in [3.63, 3.8) is 0 Å². The van der Waals surface area contributed by atoms with Gasteiger partial charge in [-0.2, -0.15) is 4.73 Å². The number of anilines is 2. The molecule has 3 N–H and O–H groups in total. The molecule has 0 spiro atoms. The molecule has 0 saturated heterocycles. The zero-order valence-electron chi connectivity index (χ0n) is 11.4. The Morgan fingerprint density at radius 1 is 0.950 bits per heavy atom. The molecule has 0 fully saturated rings. The van der Waals surface area contributed by atoms with E-state index in [1.54, 1.807) is 0 Å². The van der Waals surface area contributed by atoms with Crippen LogP contribution in [0.25, 0.3) is 22.4 Å². The first kappa shape index (κ1) is 12.3. The molecule has 0 unspecified atom stereocenters. The summed E-state index contributed by atoms with van der Waals surface area (Å²) in [6, 6.07) is 13.5. The van der Waals surface area contributed by atoms with Crippen LogP contribution in [-0.4, -0.2) is 29.0 Å². The Hall–Kier alpha value is -2.69. The van der Waals surface area contributed by atoms with Gasteiger partial charge in [0.15, 0.2) is 5.82 Å². The monoisotopic (exact) mass is 268 g/mol. The molecule has 0 aliphatic rings. The number of fused-ring (bicyclic) bond motifs is 1. The van der Waals surface area contributed by atoms with E-state index in [-0.39, 0.29) is 0 Å². The summed E-state index contributed by atoms with van der Waals surface area (Å²) in [5.74, 6) is 0.538. The lowest BCUT2D eigenvalue weighted by Crippen LogP contribution is -1.95. The Morgan fingerprint density at radius 2 is 1.60 bits per heavy atom. The highest BCUT2D eigenvalue weighted by molar-refractivity contribution is 5.83. The zero-order chi connectivity index (χ0) is 14.1. The first-order chi connectivity index (χ1) is 9.72. The minimum Gasteiger partial charge on any atom is -0.426 e. The lowest BCUT2D eigenvalue weighted by molar-refractivity contribution is 0.203. The molecular formula is C15H16N4O. The Bertz CT molecular complexity index is 746. The third kappa shape index (κ3) is 1.93. The largest absolute Gasteiger partial charge is 0.426 e. The predicted molar refractivity (Wildman–Crippen MR) is 81.4 cm³/mol. The highest BCUT2D eigenvalue weighted by Crippen LogP contribution is 2.26. The Kier molecular flexibility index (Phi) is 2.95. The Balaban J connectivity index is 2.13. The summed E-state index contributed by atoms with van der Waals surface area (Å²) in [6.07, 6.45) is 0. The van der Waals surface area contributed by atoms with Crippen molar-refractivity contribution in [1.29, 1.82) is 0 Å². The molecule has 0 atom stereocenters. The van der Waals surface area contributed by atoms with Gasteiger partial charge in [-0.3, -0.25) is 0 Å². The molecule has 0 amide bonds. The van der Waals surface area contributed by atoms with E-state index < -0.39 is 0 Å². The molecule has 5 nitrogen and oxygen atoms in total. The lowest BCUT2D eigenvalue weighted by atomic mass is 10.2. The molecule has 102 valence electrons. The van der Waals surface area contributed by atoms with Crippen molar-refractivity contribution in [2.75, 3.05) is 24.7 Å². The summed E-state index contributed by atoms with van der Waals surface area (Å²) in [7, 11) is 3.71. The van der Waals surface area contributed by atoms with Gasteiger partial charge in [-0.05, 0) is 42.5 Å². The van der Waals surface area contributed by atoms with Crippen LogP contribution < -0.4 is 10.6 Å². The summed E-state index contributed by atoms with van der Waals surface area (Å²) in [4.78, 5) is 4.48. The van der Waals surface area contributed by atoms with Crippen LogP contribution in [0.1, 0.15) is 0 Å². The van der Waals surface area contributed by atoms with E-state index >= 15 is 0 Å². The lowest BCUT2D eigenvalue weighted by Gasteiger charge is -2.03. The van der Waals surface area contributed by atoms with Crippen LogP contribution in [0, 0.1) is 0 Å². The molecule has 0 saturated carbocycles. The first-order valence-corrected chi connectivity index (χ1v) is 6.40. The van der Waals surface area contributed by atoms with Gasteiger partial charge in [0.05, 0.1) is 5.52 Å². The fourth-order valence-electron chi connectivity index (χ4n) is 2.19. The van der Waals surface area contributed by atoms with E-state index in [2.05, 4.69) is 15.6 Å². The number of benzene rings is 2. The molecule has 3 rings (SSSR count).